The van der Waals surface area contributed by atoms with Crippen LogP contribution < -0.4 is 10.6 Å². The standard InChI is InChI=1S/C24H35N3O6/c1-24(2,3)33-23(30)27-10-7-16(8-11-27)13-21(28)26-19-6-5-17(22(29)31-4)14-20(19)25-15-18-9-12-32-18/h5-6,14,16,18,25H,7-13,15H2,1-4H3,(H,26,28)/t18-/m0/s1. The Balaban J connectivity index is 1.55. The number of nitrogens with zero attached hydrogens (tertiary/aromatic N) is 1. The third kappa shape index (κ3) is 7.35. The van der Waals surface area contributed by atoms with Gasteiger partial charge in [-0.3, -0.25) is 4.79 Å². The summed E-state index contributed by atoms with van der Waals surface area (Å²) >= 11 is 0. The van der Waals surface area contributed by atoms with Gasteiger partial charge < -0.3 is 29.7 Å². The molecule has 1 aromatic rings. The number of esters is 1. The maximum Gasteiger partial charge on any atom is 0.410 e. The summed E-state index contributed by atoms with van der Waals surface area (Å²) in [7, 11) is 1.33. The predicted octanol–water partition coefficient (Wildman–Crippen LogP) is 3.65. The molecule has 3 rings (SSSR count). The molecule has 0 unspecified atom stereocenters. The number of carbonyl (C=O) groups is 3. The first-order chi connectivity index (χ1) is 15.6. The highest BCUT2D eigenvalue weighted by Gasteiger charge is 2.28. The summed E-state index contributed by atoms with van der Waals surface area (Å²) in [5, 5.41) is 6.24. The van der Waals surface area contributed by atoms with Crippen molar-refractivity contribution in [3.8, 4) is 0 Å². The van der Waals surface area contributed by atoms with Gasteiger partial charge in [0.15, 0.2) is 0 Å². The van der Waals surface area contributed by atoms with Crippen LogP contribution in [0.3, 0.4) is 0 Å². The fraction of sp³-hybridized carbons (Fsp3) is 0.625. The Morgan fingerprint density at radius 3 is 2.39 bits per heavy atom. The summed E-state index contributed by atoms with van der Waals surface area (Å²) < 4.78 is 15.7. The minimum Gasteiger partial charge on any atom is -0.465 e. The lowest BCUT2D eigenvalue weighted by Gasteiger charge is -2.33. The van der Waals surface area contributed by atoms with Crippen molar-refractivity contribution in [2.45, 2.75) is 58.2 Å². The molecule has 9 nitrogen and oxygen atoms in total. The van der Waals surface area contributed by atoms with Gasteiger partial charge in [-0.1, -0.05) is 0 Å². The number of carbonyl (C=O) groups excluding carboxylic acids is 3. The number of piperidine rings is 1. The van der Waals surface area contributed by atoms with E-state index in [0.717, 1.165) is 25.9 Å². The molecular weight excluding hydrogens is 426 g/mol. The molecule has 2 saturated heterocycles. The molecule has 0 saturated carbocycles. The smallest absolute Gasteiger partial charge is 0.410 e. The normalized spacial score (nSPS) is 18.8. The summed E-state index contributed by atoms with van der Waals surface area (Å²) in [5.41, 5.74) is 1.15. The largest absolute Gasteiger partial charge is 0.465 e. The van der Waals surface area contributed by atoms with E-state index in [2.05, 4.69) is 10.6 Å². The Morgan fingerprint density at radius 2 is 1.82 bits per heavy atom. The first kappa shape index (κ1) is 24.8. The molecule has 9 heteroatoms. The third-order valence-electron chi connectivity index (χ3n) is 5.77. The summed E-state index contributed by atoms with van der Waals surface area (Å²) in [5.74, 6) is -0.343. The van der Waals surface area contributed by atoms with E-state index in [-0.39, 0.29) is 24.0 Å². The minimum absolute atomic E-state index is 0.0977. The summed E-state index contributed by atoms with van der Waals surface area (Å²) in [6.45, 7) is 8.05. The van der Waals surface area contributed by atoms with Crippen molar-refractivity contribution < 1.29 is 28.6 Å². The number of hydrogen-bond donors (Lipinski definition) is 2. The van der Waals surface area contributed by atoms with Crippen molar-refractivity contribution in [1.29, 1.82) is 0 Å². The fourth-order valence-electron chi connectivity index (χ4n) is 3.82. The van der Waals surface area contributed by atoms with Gasteiger partial charge in [0.05, 0.1) is 30.2 Å². The molecule has 2 aliphatic rings. The average molecular weight is 462 g/mol. The van der Waals surface area contributed by atoms with E-state index >= 15 is 0 Å². The van der Waals surface area contributed by atoms with Crippen molar-refractivity contribution >= 4 is 29.3 Å². The van der Waals surface area contributed by atoms with Crippen LogP contribution in [0.25, 0.3) is 0 Å². The van der Waals surface area contributed by atoms with E-state index in [0.29, 0.717) is 43.0 Å². The molecule has 182 valence electrons. The molecule has 1 aromatic carbocycles. The van der Waals surface area contributed by atoms with Crippen LogP contribution in [0.1, 0.15) is 56.8 Å². The van der Waals surface area contributed by atoms with E-state index < -0.39 is 11.6 Å². The number of anilines is 2. The lowest BCUT2D eigenvalue weighted by molar-refractivity contribution is -0.117. The van der Waals surface area contributed by atoms with Crippen LogP contribution in [0.5, 0.6) is 0 Å². The Kier molecular flexibility index (Phi) is 8.18. The zero-order chi connectivity index (χ0) is 24.0. The van der Waals surface area contributed by atoms with Crippen LogP contribution in [-0.4, -0.2) is 67.9 Å². The molecular formula is C24H35N3O6. The van der Waals surface area contributed by atoms with Gasteiger partial charge in [-0.2, -0.15) is 0 Å². The van der Waals surface area contributed by atoms with E-state index in [1.165, 1.54) is 7.11 Å². The average Bonchev–Trinajstić information content (AvgIpc) is 2.72. The first-order valence-corrected chi connectivity index (χ1v) is 11.5. The number of hydrogen-bond acceptors (Lipinski definition) is 7. The maximum absolute atomic E-state index is 12.8. The van der Waals surface area contributed by atoms with E-state index in [1.54, 1.807) is 23.1 Å². The topological polar surface area (TPSA) is 106 Å². The van der Waals surface area contributed by atoms with Gasteiger partial charge in [-0.25, -0.2) is 9.59 Å². The number of ether oxygens (including phenoxy) is 3. The molecule has 2 amide bonds. The Bertz CT molecular complexity index is 854. The van der Waals surface area contributed by atoms with Crippen LogP contribution in [0.2, 0.25) is 0 Å². The van der Waals surface area contributed by atoms with Crippen LogP contribution in [0.15, 0.2) is 18.2 Å². The molecule has 2 fully saturated rings. The highest BCUT2D eigenvalue weighted by molar-refractivity contribution is 5.97. The molecule has 0 aliphatic carbocycles. The maximum atomic E-state index is 12.8. The Labute approximate surface area is 195 Å². The summed E-state index contributed by atoms with van der Waals surface area (Å²) in [4.78, 5) is 38.6. The molecule has 2 heterocycles. The van der Waals surface area contributed by atoms with Gasteiger partial charge in [0, 0.05) is 32.7 Å². The second kappa shape index (κ2) is 10.9. The number of nitrogens with one attached hydrogen (secondary N) is 2. The van der Waals surface area contributed by atoms with Gasteiger partial charge in [-0.15, -0.1) is 0 Å². The van der Waals surface area contributed by atoms with Crippen molar-refractivity contribution in [1.82, 2.24) is 4.90 Å². The number of likely N-dealkylation sites (tertiary alicyclic amines) is 1. The van der Waals surface area contributed by atoms with Gasteiger partial charge in [0.25, 0.3) is 0 Å². The highest BCUT2D eigenvalue weighted by atomic mass is 16.6. The van der Waals surface area contributed by atoms with Crippen molar-refractivity contribution in [3.05, 3.63) is 23.8 Å². The zero-order valence-electron chi connectivity index (χ0n) is 19.9. The van der Waals surface area contributed by atoms with E-state index in [9.17, 15) is 14.4 Å². The summed E-state index contributed by atoms with van der Waals surface area (Å²) in [6.07, 6.45) is 2.67. The molecule has 0 radical (unpaired) electrons. The van der Waals surface area contributed by atoms with Crippen molar-refractivity contribution in [3.63, 3.8) is 0 Å². The number of methoxy groups -OCH3 is 1. The lowest BCUT2D eigenvalue weighted by atomic mass is 9.93. The lowest BCUT2D eigenvalue weighted by Crippen LogP contribution is -2.42. The monoisotopic (exact) mass is 461 g/mol. The molecule has 0 spiro atoms. The number of benzene rings is 1. The SMILES string of the molecule is COC(=O)c1ccc(NC(=O)CC2CCN(C(=O)OC(C)(C)C)CC2)c(NC[C@@H]2CCO2)c1. The molecule has 2 N–H and O–H groups in total. The molecule has 33 heavy (non-hydrogen) atoms. The van der Waals surface area contributed by atoms with Crippen molar-refractivity contribution in [2.75, 3.05) is 44.0 Å². The fourth-order valence-corrected chi connectivity index (χ4v) is 3.82. The Hall–Kier alpha value is -2.81. The zero-order valence-corrected chi connectivity index (χ0v) is 19.9. The second-order valence-corrected chi connectivity index (χ2v) is 9.58. The number of rotatable bonds is 7. The molecule has 0 bridgehead atoms. The van der Waals surface area contributed by atoms with Crippen molar-refractivity contribution in [2.24, 2.45) is 5.92 Å². The Morgan fingerprint density at radius 1 is 1.12 bits per heavy atom. The predicted molar refractivity (Wildman–Crippen MR) is 124 cm³/mol. The molecule has 2 aliphatic heterocycles. The van der Waals surface area contributed by atoms with Crippen LogP contribution in [-0.2, 0) is 19.0 Å². The molecule has 1 atom stereocenters. The third-order valence-corrected chi connectivity index (χ3v) is 5.77. The summed E-state index contributed by atoms with van der Waals surface area (Å²) in [6, 6.07) is 5.02. The first-order valence-electron chi connectivity index (χ1n) is 11.5. The highest BCUT2D eigenvalue weighted by Crippen LogP contribution is 2.27. The van der Waals surface area contributed by atoms with Gasteiger partial charge >= 0.3 is 12.1 Å². The van der Waals surface area contributed by atoms with Crippen LogP contribution in [0.4, 0.5) is 16.2 Å². The van der Waals surface area contributed by atoms with Gasteiger partial charge in [0.2, 0.25) is 5.91 Å². The van der Waals surface area contributed by atoms with E-state index in [4.69, 9.17) is 14.2 Å². The van der Waals surface area contributed by atoms with Gasteiger partial charge in [0.1, 0.15) is 5.60 Å². The van der Waals surface area contributed by atoms with Crippen LogP contribution in [0, 0.1) is 5.92 Å². The second-order valence-electron chi connectivity index (χ2n) is 9.58. The quantitative estimate of drug-likeness (QED) is 0.597. The molecule has 0 aromatic heterocycles. The van der Waals surface area contributed by atoms with E-state index in [1.807, 2.05) is 20.8 Å². The minimum atomic E-state index is -0.520. The number of amides is 2. The van der Waals surface area contributed by atoms with Crippen LogP contribution >= 0.6 is 0 Å². The van der Waals surface area contributed by atoms with Gasteiger partial charge in [-0.05, 0) is 64.2 Å².